The molecule has 1 amide bonds. The SMILES string of the molecule is CN(Cc1ccsc1)C(=O)COC(=O)c1cc([NH+]([O-])O)ccc1N(C)C. The van der Waals surface area contributed by atoms with Crippen LogP contribution in [0.2, 0.25) is 0 Å². The van der Waals surface area contributed by atoms with E-state index in [1.54, 1.807) is 37.4 Å². The molecule has 0 aliphatic heterocycles. The first kappa shape index (κ1) is 19.9. The second kappa shape index (κ2) is 8.77. The fraction of sp³-hybridized carbons (Fsp3) is 0.294. The minimum Gasteiger partial charge on any atom is -0.595 e. The summed E-state index contributed by atoms with van der Waals surface area (Å²) in [5, 5.41) is 23.0. The van der Waals surface area contributed by atoms with Crippen molar-refractivity contribution < 1.29 is 24.8 Å². The Morgan fingerprint density at radius 1 is 1.27 bits per heavy atom. The minimum atomic E-state index is -1.14. The van der Waals surface area contributed by atoms with Gasteiger partial charge in [0.15, 0.2) is 12.3 Å². The summed E-state index contributed by atoms with van der Waals surface area (Å²) >= 11 is 1.54. The van der Waals surface area contributed by atoms with Gasteiger partial charge < -0.3 is 19.7 Å². The molecular weight excluding hydrogens is 358 g/mol. The minimum absolute atomic E-state index is 0.0246. The largest absolute Gasteiger partial charge is 0.595 e. The smallest absolute Gasteiger partial charge is 0.340 e. The molecule has 2 rings (SSSR count). The maximum Gasteiger partial charge on any atom is 0.340 e. The maximum atomic E-state index is 12.4. The summed E-state index contributed by atoms with van der Waals surface area (Å²) in [6, 6.07) is 6.11. The molecule has 9 heteroatoms. The first-order valence-electron chi connectivity index (χ1n) is 7.76. The lowest BCUT2D eigenvalue weighted by Gasteiger charge is -2.20. The number of thiophene rings is 1. The molecule has 2 aromatic rings. The third kappa shape index (κ3) is 5.02. The van der Waals surface area contributed by atoms with Crippen LogP contribution < -0.4 is 10.1 Å². The zero-order valence-electron chi connectivity index (χ0n) is 14.8. The van der Waals surface area contributed by atoms with E-state index in [0.29, 0.717) is 12.2 Å². The van der Waals surface area contributed by atoms with E-state index >= 15 is 0 Å². The zero-order valence-corrected chi connectivity index (χ0v) is 15.6. The number of rotatable bonds is 7. The number of carbonyl (C=O) groups is 2. The number of carbonyl (C=O) groups excluding carboxylic acids is 2. The number of quaternary nitrogens is 1. The molecule has 140 valence electrons. The Balaban J connectivity index is 2.04. The van der Waals surface area contributed by atoms with Gasteiger partial charge in [0, 0.05) is 39.8 Å². The standard InChI is InChI=1S/C17H21N3O5S/c1-18(2)15-5-4-13(20(23)24)8-14(15)17(22)25-10-16(21)19(3)9-12-6-7-26-11-12/h4-8,11,20,23H,9-10H2,1-3H3. The fourth-order valence-electron chi connectivity index (χ4n) is 2.28. The number of hydrogen-bond acceptors (Lipinski definition) is 7. The number of anilines is 1. The number of likely N-dealkylation sites (N-methyl/N-ethyl adjacent to an activating group) is 1. The lowest BCUT2D eigenvalue weighted by molar-refractivity contribution is -0.991. The second-order valence-corrected chi connectivity index (χ2v) is 6.67. The van der Waals surface area contributed by atoms with E-state index in [-0.39, 0.29) is 17.2 Å². The van der Waals surface area contributed by atoms with E-state index in [2.05, 4.69) is 0 Å². The van der Waals surface area contributed by atoms with Gasteiger partial charge in [-0.25, -0.2) is 10.0 Å². The summed E-state index contributed by atoms with van der Waals surface area (Å²) in [5.41, 5.74) is 1.59. The zero-order chi connectivity index (χ0) is 19.3. The number of hydrogen-bond donors (Lipinski definition) is 2. The Morgan fingerprint density at radius 2 is 2.00 bits per heavy atom. The highest BCUT2D eigenvalue weighted by atomic mass is 32.1. The van der Waals surface area contributed by atoms with Crippen LogP contribution in [0.25, 0.3) is 0 Å². The highest BCUT2D eigenvalue weighted by Crippen LogP contribution is 2.22. The van der Waals surface area contributed by atoms with Gasteiger partial charge in [0.1, 0.15) is 0 Å². The highest BCUT2D eigenvalue weighted by Gasteiger charge is 2.19. The molecule has 8 nitrogen and oxygen atoms in total. The average Bonchev–Trinajstić information content (AvgIpc) is 3.11. The third-order valence-electron chi connectivity index (χ3n) is 3.70. The topological polar surface area (TPSA) is 97.6 Å². The number of nitrogens with zero attached hydrogens (tertiary/aromatic N) is 2. The number of amides is 1. The number of ether oxygens (including phenoxy) is 1. The monoisotopic (exact) mass is 379 g/mol. The van der Waals surface area contributed by atoms with Crippen molar-refractivity contribution in [1.82, 2.24) is 4.90 Å². The summed E-state index contributed by atoms with van der Waals surface area (Å²) in [4.78, 5) is 27.7. The van der Waals surface area contributed by atoms with Crippen LogP contribution in [-0.4, -0.2) is 49.7 Å². The summed E-state index contributed by atoms with van der Waals surface area (Å²) in [5.74, 6) is -1.08. The quantitative estimate of drug-likeness (QED) is 0.551. The highest BCUT2D eigenvalue weighted by molar-refractivity contribution is 7.07. The van der Waals surface area contributed by atoms with Crippen LogP contribution >= 0.6 is 11.3 Å². The number of benzene rings is 1. The van der Waals surface area contributed by atoms with Gasteiger partial charge in [-0.3, -0.25) is 4.79 Å². The van der Waals surface area contributed by atoms with Gasteiger partial charge in [0.2, 0.25) is 0 Å². The lowest BCUT2D eigenvalue weighted by Crippen LogP contribution is -2.99. The molecule has 0 bridgehead atoms. The Kier molecular flexibility index (Phi) is 6.70. The molecule has 2 N–H and O–H groups in total. The second-order valence-electron chi connectivity index (χ2n) is 5.89. The predicted octanol–water partition coefficient (Wildman–Crippen LogP) is 1.03. The fourth-order valence-corrected chi connectivity index (χ4v) is 2.94. The summed E-state index contributed by atoms with van der Waals surface area (Å²) in [6.45, 7) is 0.0149. The van der Waals surface area contributed by atoms with Crippen molar-refractivity contribution in [3.63, 3.8) is 0 Å². The van der Waals surface area contributed by atoms with E-state index in [9.17, 15) is 14.8 Å². The molecule has 0 spiro atoms. The summed E-state index contributed by atoms with van der Waals surface area (Å²) < 4.78 is 5.11. The Labute approximate surface area is 155 Å². The van der Waals surface area contributed by atoms with E-state index in [1.807, 2.05) is 16.8 Å². The van der Waals surface area contributed by atoms with Gasteiger partial charge in [0.05, 0.1) is 11.3 Å². The van der Waals surface area contributed by atoms with Crippen LogP contribution in [0, 0.1) is 5.21 Å². The predicted molar refractivity (Wildman–Crippen MR) is 97.6 cm³/mol. The number of nitrogens with one attached hydrogen (secondary N) is 1. The van der Waals surface area contributed by atoms with Crippen molar-refractivity contribution in [3.8, 4) is 0 Å². The molecular formula is C17H21N3O5S. The first-order chi connectivity index (χ1) is 12.3. The van der Waals surface area contributed by atoms with Gasteiger partial charge in [-0.05, 0) is 28.5 Å². The van der Waals surface area contributed by atoms with E-state index < -0.39 is 17.8 Å². The van der Waals surface area contributed by atoms with Gasteiger partial charge in [-0.1, -0.05) is 0 Å². The van der Waals surface area contributed by atoms with Crippen LogP contribution in [0.1, 0.15) is 15.9 Å². The summed E-state index contributed by atoms with van der Waals surface area (Å²) in [7, 11) is 5.09. The molecule has 0 aliphatic carbocycles. The van der Waals surface area contributed by atoms with Crippen molar-refractivity contribution in [2.24, 2.45) is 0 Å². The molecule has 26 heavy (non-hydrogen) atoms. The Bertz CT molecular complexity index is 762. The van der Waals surface area contributed by atoms with Gasteiger partial charge in [0.25, 0.3) is 5.91 Å². The van der Waals surface area contributed by atoms with Crippen molar-refractivity contribution in [1.29, 1.82) is 0 Å². The van der Waals surface area contributed by atoms with E-state index in [1.165, 1.54) is 23.1 Å². The van der Waals surface area contributed by atoms with Crippen molar-refractivity contribution in [2.75, 3.05) is 32.6 Å². The van der Waals surface area contributed by atoms with Crippen molar-refractivity contribution in [3.05, 3.63) is 51.4 Å². The normalized spacial score (nSPS) is 11.7. The van der Waals surface area contributed by atoms with Gasteiger partial charge >= 0.3 is 5.97 Å². The van der Waals surface area contributed by atoms with Crippen LogP contribution in [-0.2, 0) is 16.1 Å². The van der Waals surface area contributed by atoms with E-state index in [4.69, 9.17) is 9.94 Å². The van der Waals surface area contributed by atoms with Crippen molar-refractivity contribution in [2.45, 2.75) is 6.54 Å². The molecule has 1 unspecified atom stereocenters. The van der Waals surface area contributed by atoms with E-state index in [0.717, 1.165) is 5.56 Å². The Hall–Kier alpha value is -2.46. The van der Waals surface area contributed by atoms with Gasteiger partial charge in [-0.15, -0.1) is 0 Å². The molecule has 1 aromatic heterocycles. The maximum absolute atomic E-state index is 12.4. The third-order valence-corrected chi connectivity index (χ3v) is 4.43. The molecule has 1 heterocycles. The van der Waals surface area contributed by atoms with Crippen LogP contribution in [0.15, 0.2) is 35.0 Å². The van der Waals surface area contributed by atoms with Crippen LogP contribution in [0.3, 0.4) is 0 Å². The Morgan fingerprint density at radius 3 is 2.58 bits per heavy atom. The lowest BCUT2D eigenvalue weighted by atomic mass is 10.1. The molecule has 0 saturated carbocycles. The molecule has 0 radical (unpaired) electrons. The molecule has 1 aromatic carbocycles. The summed E-state index contributed by atoms with van der Waals surface area (Å²) in [6.07, 6.45) is 0. The molecule has 0 fully saturated rings. The van der Waals surface area contributed by atoms with Crippen molar-refractivity contribution >= 4 is 34.6 Å². The first-order valence-corrected chi connectivity index (χ1v) is 8.70. The van der Waals surface area contributed by atoms with Crippen LogP contribution in [0.4, 0.5) is 11.4 Å². The van der Waals surface area contributed by atoms with Gasteiger partial charge in [-0.2, -0.15) is 16.6 Å². The molecule has 0 aliphatic rings. The molecule has 0 saturated heterocycles. The van der Waals surface area contributed by atoms with Crippen LogP contribution in [0.5, 0.6) is 0 Å². The molecule has 1 atom stereocenters. The average molecular weight is 379 g/mol. The number of esters is 1.